The molecule has 0 nitrogen and oxygen atoms in total. The zero-order valence-electron chi connectivity index (χ0n) is 11.3. The summed E-state index contributed by atoms with van der Waals surface area (Å²) in [7, 11) is 0. The average Bonchev–Trinajstić information content (AvgIpc) is 2.19. The van der Waals surface area contributed by atoms with Crippen LogP contribution in [0, 0.1) is 17.3 Å². The van der Waals surface area contributed by atoms with Crippen LogP contribution in [0.15, 0.2) is 0 Å². The summed E-state index contributed by atoms with van der Waals surface area (Å²) in [6, 6.07) is 0. The van der Waals surface area contributed by atoms with Crippen LogP contribution in [0.2, 0.25) is 0 Å². The average molecular weight is 210 g/mol. The molecule has 1 aliphatic rings. The lowest BCUT2D eigenvalue weighted by atomic mass is 9.64. The van der Waals surface area contributed by atoms with E-state index in [2.05, 4.69) is 27.7 Å². The third kappa shape index (κ3) is 3.50. The van der Waals surface area contributed by atoms with E-state index in [4.69, 9.17) is 0 Å². The molecule has 0 unspecified atom stereocenters. The van der Waals surface area contributed by atoms with Crippen LogP contribution >= 0.6 is 0 Å². The van der Waals surface area contributed by atoms with Crippen LogP contribution in [0.1, 0.15) is 79.1 Å². The SMILES string of the molecule is CCCC(C)(CCC)C1CCC(C)CC1. The Morgan fingerprint density at radius 3 is 1.80 bits per heavy atom. The van der Waals surface area contributed by atoms with Gasteiger partial charge in [-0.3, -0.25) is 0 Å². The van der Waals surface area contributed by atoms with E-state index >= 15 is 0 Å². The molecule has 1 aliphatic carbocycles. The predicted molar refractivity (Wildman–Crippen MR) is 69.0 cm³/mol. The van der Waals surface area contributed by atoms with Gasteiger partial charge in [0, 0.05) is 0 Å². The summed E-state index contributed by atoms with van der Waals surface area (Å²) in [5.74, 6) is 2.02. The zero-order chi connectivity index (χ0) is 11.3. The molecule has 0 aromatic carbocycles. The van der Waals surface area contributed by atoms with Gasteiger partial charge in [0.05, 0.1) is 0 Å². The molecular formula is C15H30. The van der Waals surface area contributed by atoms with Gasteiger partial charge >= 0.3 is 0 Å². The van der Waals surface area contributed by atoms with Gasteiger partial charge in [-0.15, -0.1) is 0 Å². The van der Waals surface area contributed by atoms with E-state index in [9.17, 15) is 0 Å². The normalized spacial score (nSPS) is 28.0. The van der Waals surface area contributed by atoms with Gasteiger partial charge in [-0.1, -0.05) is 53.4 Å². The van der Waals surface area contributed by atoms with Crippen LogP contribution < -0.4 is 0 Å². The maximum absolute atomic E-state index is 2.56. The van der Waals surface area contributed by atoms with Crippen molar-refractivity contribution in [3.8, 4) is 0 Å². The molecule has 0 radical (unpaired) electrons. The van der Waals surface area contributed by atoms with Crippen LogP contribution in [0.25, 0.3) is 0 Å². The molecule has 0 spiro atoms. The third-order valence-corrected chi connectivity index (χ3v) is 4.64. The minimum atomic E-state index is 0.656. The Kier molecular flexibility index (Phi) is 5.15. The second-order valence-electron chi connectivity index (χ2n) is 6.11. The molecule has 0 aromatic heterocycles. The van der Waals surface area contributed by atoms with Gasteiger partial charge < -0.3 is 0 Å². The van der Waals surface area contributed by atoms with E-state index in [0.717, 1.165) is 11.8 Å². The maximum atomic E-state index is 2.56. The van der Waals surface area contributed by atoms with Crippen molar-refractivity contribution in [2.45, 2.75) is 79.1 Å². The molecule has 0 heteroatoms. The number of rotatable bonds is 5. The monoisotopic (exact) mass is 210 g/mol. The molecule has 0 N–H and O–H groups in total. The quantitative estimate of drug-likeness (QED) is 0.568. The molecule has 0 saturated heterocycles. The predicted octanol–water partition coefficient (Wildman–Crippen LogP) is 5.42. The molecule has 0 aromatic rings. The fourth-order valence-electron chi connectivity index (χ4n) is 3.63. The second kappa shape index (κ2) is 5.92. The minimum Gasteiger partial charge on any atom is -0.0654 e. The van der Waals surface area contributed by atoms with Crippen molar-refractivity contribution >= 4 is 0 Å². The lowest BCUT2D eigenvalue weighted by Gasteiger charge is -2.41. The van der Waals surface area contributed by atoms with Crippen molar-refractivity contribution < 1.29 is 0 Å². The molecular weight excluding hydrogens is 180 g/mol. The van der Waals surface area contributed by atoms with Crippen molar-refractivity contribution in [3.05, 3.63) is 0 Å². The van der Waals surface area contributed by atoms with Crippen LogP contribution in [0.4, 0.5) is 0 Å². The van der Waals surface area contributed by atoms with Crippen LogP contribution in [0.3, 0.4) is 0 Å². The first-order valence-electron chi connectivity index (χ1n) is 7.12. The van der Waals surface area contributed by atoms with Gasteiger partial charge in [0.1, 0.15) is 0 Å². The van der Waals surface area contributed by atoms with Gasteiger partial charge in [0.25, 0.3) is 0 Å². The fourth-order valence-corrected chi connectivity index (χ4v) is 3.63. The van der Waals surface area contributed by atoms with E-state index in [1.54, 1.807) is 0 Å². The molecule has 0 heterocycles. The summed E-state index contributed by atoms with van der Waals surface area (Å²) in [5, 5.41) is 0. The second-order valence-corrected chi connectivity index (χ2v) is 6.11. The molecule has 15 heavy (non-hydrogen) atoms. The summed E-state index contributed by atoms with van der Waals surface area (Å²) in [6.07, 6.45) is 11.6. The summed E-state index contributed by atoms with van der Waals surface area (Å²) in [4.78, 5) is 0. The molecule has 1 rings (SSSR count). The van der Waals surface area contributed by atoms with E-state index in [-0.39, 0.29) is 0 Å². The molecule has 0 bridgehead atoms. The first-order valence-corrected chi connectivity index (χ1v) is 7.12. The van der Waals surface area contributed by atoms with Gasteiger partial charge in [-0.2, -0.15) is 0 Å². The molecule has 1 fully saturated rings. The lowest BCUT2D eigenvalue weighted by Crippen LogP contribution is -2.30. The van der Waals surface area contributed by atoms with E-state index in [1.807, 2.05) is 0 Å². The van der Waals surface area contributed by atoms with Gasteiger partial charge in [-0.25, -0.2) is 0 Å². The van der Waals surface area contributed by atoms with E-state index in [0.29, 0.717) is 5.41 Å². The maximum Gasteiger partial charge on any atom is -0.0298 e. The Morgan fingerprint density at radius 1 is 0.933 bits per heavy atom. The van der Waals surface area contributed by atoms with E-state index in [1.165, 1.54) is 51.4 Å². The van der Waals surface area contributed by atoms with Crippen molar-refractivity contribution in [1.82, 2.24) is 0 Å². The minimum absolute atomic E-state index is 0.656. The summed E-state index contributed by atoms with van der Waals surface area (Å²) in [6.45, 7) is 9.67. The Hall–Kier alpha value is 0. The Morgan fingerprint density at radius 2 is 1.40 bits per heavy atom. The highest BCUT2D eigenvalue weighted by Crippen LogP contribution is 2.45. The summed E-state index contributed by atoms with van der Waals surface area (Å²) >= 11 is 0. The smallest absolute Gasteiger partial charge is 0.0298 e. The summed E-state index contributed by atoms with van der Waals surface area (Å²) in [5.41, 5.74) is 0.656. The van der Waals surface area contributed by atoms with Gasteiger partial charge in [0.15, 0.2) is 0 Å². The fraction of sp³-hybridized carbons (Fsp3) is 1.00. The van der Waals surface area contributed by atoms with E-state index < -0.39 is 0 Å². The highest BCUT2D eigenvalue weighted by atomic mass is 14.4. The Labute approximate surface area is 96.8 Å². The van der Waals surface area contributed by atoms with Crippen molar-refractivity contribution in [2.75, 3.05) is 0 Å². The highest BCUT2D eigenvalue weighted by molar-refractivity contribution is 4.85. The Balaban J connectivity index is 2.55. The van der Waals surface area contributed by atoms with Gasteiger partial charge in [-0.05, 0) is 42.9 Å². The first kappa shape index (κ1) is 13.1. The van der Waals surface area contributed by atoms with Crippen LogP contribution in [-0.2, 0) is 0 Å². The third-order valence-electron chi connectivity index (χ3n) is 4.64. The molecule has 0 aliphatic heterocycles. The molecule has 90 valence electrons. The highest BCUT2D eigenvalue weighted by Gasteiger charge is 2.34. The van der Waals surface area contributed by atoms with Crippen LogP contribution in [0.5, 0.6) is 0 Å². The molecule has 1 saturated carbocycles. The molecule has 0 atom stereocenters. The first-order chi connectivity index (χ1) is 7.12. The van der Waals surface area contributed by atoms with Crippen molar-refractivity contribution in [2.24, 2.45) is 17.3 Å². The number of hydrogen-bond donors (Lipinski definition) is 0. The van der Waals surface area contributed by atoms with Crippen LogP contribution in [-0.4, -0.2) is 0 Å². The standard InChI is InChI=1S/C15H30/c1-5-11-15(4,12-6-2)14-9-7-13(3)8-10-14/h13-14H,5-12H2,1-4H3. The Bertz CT molecular complexity index is 157. The topological polar surface area (TPSA) is 0 Å². The summed E-state index contributed by atoms with van der Waals surface area (Å²) < 4.78 is 0. The zero-order valence-corrected chi connectivity index (χ0v) is 11.3. The largest absolute Gasteiger partial charge is 0.0654 e. The van der Waals surface area contributed by atoms with Gasteiger partial charge in [0.2, 0.25) is 0 Å². The lowest BCUT2D eigenvalue weighted by molar-refractivity contribution is 0.0965. The molecule has 0 amide bonds. The van der Waals surface area contributed by atoms with Crippen molar-refractivity contribution in [1.29, 1.82) is 0 Å². The number of hydrogen-bond acceptors (Lipinski definition) is 0. The van der Waals surface area contributed by atoms with Crippen molar-refractivity contribution in [3.63, 3.8) is 0 Å².